The number of β-amino-alcohol motifs (C(OH)–C–C–N with tert-alkyl or cyclic N) is 1. The van der Waals surface area contributed by atoms with Crippen LogP contribution < -0.4 is 5.32 Å². The summed E-state index contributed by atoms with van der Waals surface area (Å²) < 4.78 is 4.57. The summed E-state index contributed by atoms with van der Waals surface area (Å²) in [5.41, 5.74) is -0.686. The van der Waals surface area contributed by atoms with Gasteiger partial charge in [-0.25, -0.2) is 0 Å². The normalized spacial score (nSPS) is 37.2. The molecule has 11 heavy (non-hydrogen) atoms. The number of carbonyl (C=O) groups is 1. The lowest BCUT2D eigenvalue weighted by Crippen LogP contribution is -2.45. The van der Waals surface area contributed by atoms with Gasteiger partial charge in [0.2, 0.25) is 0 Å². The molecule has 0 saturated carbocycles. The minimum atomic E-state index is -0.686. The van der Waals surface area contributed by atoms with Gasteiger partial charge >= 0.3 is 5.97 Å². The van der Waals surface area contributed by atoms with E-state index in [1.807, 2.05) is 0 Å². The van der Waals surface area contributed by atoms with Gasteiger partial charge in [-0.3, -0.25) is 10.1 Å². The van der Waals surface area contributed by atoms with Gasteiger partial charge in [-0.05, 0) is 6.92 Å². The number of nitrogens with one attached hydrogen (secondary N) is 1. The Balaban J connectivity index is 2.61. The van der Waals surface area contributed by atoms with Crippen molar-refractivity contribution in [2.45, 2.75) is 25.0 Å². The third-order valence-electron chi connectivity index (χ3n) is 2.01. The summed E-state index contributed by atoms with van der Waals surface area (Å²) in [6, 6.07) is 0. The Morgan fingerprint density at radius 1 is 1.82 bits per heavy atom. The third kappa shape index (κ3) is 1.52. The zero-order valence-corrected chi connectivity index (χ0v) is 6.76. The van der Waals surface area contributed by atoms with Crippen molar-refractivity contribution < 1.29 is 14.6 Å². The zero-order chi connectivity index (χ0) is 8.48. The second-order valence-electron chi connectivity index (χ2n) is 3.06. The van der Waals surface area contributed by atoms with Crippen molar-refractivity contribution in [1.29, 1.82) is 0 Å². The monoisotopic (exact) mass is 159 g/mol. The van der Waals surface area contributed by atoms with Gasteiger partial charge in [-0.15, -0.1) is 0 Å². The average molecular weight is 159 g/mol. The summed E-state index contributed by atoms with van der Waals surface area (Å²) in [5.74, 6) is -0.311. The minimum absolute atomic E-state index is 0.311. The van der Waals surface area contributed by atoms with E-state index in [-0.39, 0.29) is 5.97 Å². The molecule has 0 unspecified atom stereocenters. The molecule has 0 aliphatic carbocycles. The smallest absolute Gasteiger partial charge is 0.325 e. The number of hydrogen-bond acceptors (Lipinski definition) is 4. The molecule has 0 aromatic rings. The van der Waals surface area contributed by atoms with Crippen LogP contribution in [0.1, 0.15) is 13.3 Å². The fourth-order valence-electron chi connectivity index (χ4n) is 1.34. The lowest BCUT2D eigenvalue weighted by Gasteiger charge is -2.19. The van der Waals surface area contributed by atoms with Gasteiger partial charge in [-0.2, -0.15) is 0 Å². The zero-order valence-electron chi connectivity index (χ0n) is 6.76. The highest BCUT2D eigenvalue weighted by molar-refractivity contribution is 5.80. The highest BCUT2D eigenvalue weighted by Gasteiger charge is 2.41. The van der Waals surface area contributed by atoms with E-state index in [4.69, 9.17) is 5.11 Å². The second-order valence-corrected chi connectivity index (χ2v) is 3.06. The van der Waals surface area contributed by atoms with Crippen LogP contribution in [0.2, 0.25) is 0 Å². The second kappa shape index (κ2) is 2.79. The first-order valence-electron chi connectivity index (χ1n) is 3.60. The van der Waals surface area contributed by atoms with E-state index >= 15 is 0 Å². The third-order valence-corrected chi connectivity index (χ3v) is 2.01. The summed E-state index contributed by atoms with van der Waals surface area (Å²) in [6.07, 6.45) is -0.00116. The molecule has 2 atom stereocenters. The Bertz CT molecular complexity index is 171. The van der Waals surface area contributed by atoms with Crippen LogP contribution in [0.15, 0.2) is 0 Å². The Morgan fingerprint density at radius 3 is 2.82 bits per heavy atom. The fourth-order valence-corrected chi connectivity index (χ4v) is 1.34. The predicted octanol–water partition coefficient (Wildman–Crippen LogP) is -0.728. The maximum Gasteiger partial charge on any atom is 0.325 e. The number of carbonyl (C=O) groups excluding carboxylic acids is 1. The molecule has 0 spiro atoms. The summed E-state index contributed by atoms with van der Waals surface area (Å²) in [5, 5.41) is 12.0. The number of aliphatic hydroxyl groups is 1. The Kier molecular flexibility index (Phi) is 2.15. The molecule has 1 rings (SSSR count). The van der Waals surface area contributed by atoms with Gasteiger partial charge in [0.05, 0.1) is 13.2 Å². The Hall–Kier alpha value is -0.610. The van der Waals surface area contributed by atoms with Crippen molar-refractivity contribution in [3.63, 3.8) is 0 Å². The van der Waals surface area contributed by atoms with Crippen LogP contribution in [-0.4, -0.2) is 36.4 Å². The first-order valence-corrected chi connectivity index (χ1v) is 3.60. The van der Waals surface area contributed by atoms with E-state index in [0.717, 1.165) is 0 Å². The predicted molar refractivity (Wildman–Crippen MR) is 39.0 cm³/mol. The van der Waals surface area contributed by atoms with Crippen molar-refractivity contribution in [3.8, 4) is 0 Å². The molecule has 0 amide bonds. The first kappa shape index (κ1) is 8.49. The quantitative estimate of drug-likeness (QED) is 0.495. The maximum absolute atomic E-state index is 11.1. The molecule has 4 nitrogen and oxygen atoms in total. The van der Waals surface area contributed by atoms with Gasteiger partial charge in [-0.1, -0.05) is 0 Å². The van der Waals surface area contributed by atoms with E-state index in [0.29, 0.717) is 13.0 Å². The number of aliphatic hydroxyl groups excluding tert-OH is 1. The Labute approximate surface area is 65.5 Å². The van der Waals surface area contributed by atoms with Crippen LogP contribution in [0, 0.1) is 0 Å². The summed E-state index contributed by atoms with van der Waals surface area (Å²) in [6.45, 7) is 2.20. The molecule has 0 aromatic carbocycles. The van der Waals surface area contributed by atoms with Gasteiger partial charge < -0.3 is 9.84 Å². The number of hydrogen-bond donors (Lipinski definition) is 2. The molecule has 1 aliphatic rings. The van der Waals surface area contributed by atoms with E-state index in [1.54, 1.807) is 6.92 Å². The molecule has 1 heterocycles. The van der Waals surface area contributed by atoms with E-state index in [9.17, 15) is 4.79 Å². The number of esters is 1. The summed E-state index contributed by atoms with van der Waals surface area (Å²) in [7, 11) is 1.35. The van der Waals surface area contributed by atoms with Crippen molar-refractivity contribution in [1.82, 2.24) is 5.32 Å². The van der Waals surface area contributed by atoms with Crippen LogP contribution in [0.4, 0.5) is 0 Å². The molecule has 4 heteroatoms. The summed E-state index contributed by atoms with van der Waals surface area (Å²) in [4.78, 5) is 11.1. The van der Waals surface area contributed by atoms with Gasteiger partial charge in [0.15, 0.2) is 0 Å². The van der Waals surface area contributed by atoms with Crippen LogP contribution in [0.5, 0.6) is 0 Å². The van der Waals surface area contributed by atoms with Crippen molar-refractivity contribution in [2.24, 2.45) is 0 Å². The van der Waals surface area contributed by atoms with E-state index < -0.39 is 11.6 Å². The maximum atomic E-state index is 11.1. The van der Waals surface area contributed by atoms with Crippen molar-refractivity contribution >= 4 is 5.97 Å². The number of rotatable bonds is 1. The lowest BCUT2D eigenvalue weighted by molar-refractivity contribution is -0.147. The standard InChI is InChI=1S/C7H13NO3/c1-7(6(10)11-2)3-5(9)4-8-7/h5,8-9H,3-4H2,1-2H3/t5-,7-/m1/s1. The molecule has 1 aliphatic heterocycles. The minimum Gasteiger partial charge on any atom is -0.468 e. The highest BCUT2D eigenvalue weighted by Crippen LogP contribution is 2.19. The Morgan fingerprint density at radius 2 is 2.45 bits per heavy atom. The van der Waals surface area contributed by atoms with Gasteiger partial charge in [0.25, 0.3) is 0 Å². The van der Waals surface area contributed by atoms with Crippen LogP contribution >= 0.6 is 0 Å². The molecule has 0 bridgehead atoms. The topological polar surface area (TPSA) is 58.6 Å². The molecular weight excluding hydrogens is 146 g/mol. The van der Waals surface area contributed by atoms with Crippen molar-refractivity contribution in [2.75, 3.05) is 13.7 Å². The van der Waals surface area contributed by atoms with Gasteiger partial charge in [0, 0.05) is 13.0 Å². The molecule has 1 fully saturated rings. The van der Waals surface area contributed by atoms with E-state index in [2.05, 4.69) is 10.1 Å². The van der Waals surface area contributed by atoms with Gasteiger partial charge in [0.1, 0.15) is 5.54 Å². The first-order chi connectivity index (χ1) is 5.08. The number of ether oxygens (including phenoxy) is 1. The van der Waals surface area contributed by atoms with Crippen molar-refractivity contribution in [3.05, 3.63) is 0 Å². The fraction of sp³-hybridized carbons (Fsp3) is 0.857. The molecule has 2 N–H and O–H groups in total. The molecule has 1 saturated heterocycles. The molecule has 64 valence electrons. The van der Waals surface area contributed by atoms with Crippen LogP contribution in [-0.2, 0) is 9.53 Å². The highest BCUT2D eigenvalue weighted by atomic mass is 16.5. The lowest BCUT2D eigenvalue weighted by atomic mass is 10.00. The molecule has 0 aromatic heterocycles. The average Bonchev–Trinajstić information content (AvgIpc) is 2.31. The number of methoxy groups -OCH3 is 1. The molecule has 0 radical (unpaired) electrons. The van der Waals surface area contributed by atoms with E-state index in [1.165, 1.54) is 7.11 Å². The van der Waals surface area contributed by atoms with Crippen LogP contribution in [0.25, 0.3) is 0 Å². The largest absolute Gasteiger partial charge is 0.468 e. The molecular formula is C7H13NO3. The SMILES string of the molecule is COC(=O)[C@@]1(C)C[C@@H](O)CN1. The van der Waals surface area contributed by atoms with Crippen LogP contribution in [0.3, 0.4) is 0 Å². The summed E-state index contributed by atoms with van der Waals surface area (Å²) >= 11 is 0.